The smallest absolute Gasteiger partial charge is 0.246 e. The maximum Gasteiger partial charge on any atom is 0.246 e. The van der Waals surface area contributed by atoms with Gasteiger partial charge < -0.3 is 41.3 Å². The fraction of sp³-hybridized carbons (Fsp3) is 0.536. The van der Waals surface area contributed by atoms with Crippen LogP contribution in [0.15, 0.2) is 67.0 Å². The van der Waals surface area contributed by atoms with Crippen molar-refractivity contribution in [3.63, 3.8) is 0 Å². The highest BCUT2D eigenvalue weighted by molar-refractivity contribution is 5.93. The lowest BCUT2D eigenvalue weighted by molar-refractivity contribution is -0.216. The summed E-state index contributed by atoms with van der Waals surface area (Å²) < 4.78 is 0. The number of nitrogens with one attached hydrogen (secondary N) is 3. The van der Waals surface area contributed by atoms with Crippen LogP contribution in [0.5, 0.6) is 5.75 Å². The second kappa shape index (κ2) is 19.6. The zero-order valence-corrected chi connectivity index (χ0v) is 43.3. The number of rotatable bonds is 12. The van der Waals surface area contributed by atoms with Gasteiger partial charge in [-0.25, -0.2) is 9.97 Å². The number of likely N-dealkylation sites (tertiary alicyclic amines) is 2. The molecular formula is C56H71N13O5. The molecular weight excluding hydrogens is 935 g/mol. The quantitative estimate of drug-likeness (QED) is 0.0927. The zero-order chi connectivity index (χ0) is 51.6. The minimum absolute atomic E-state index is 0.0347. The van der Waals surface area contributed by atoms with Crippen LogP contribution >= 0.6 is 0 Å². The van der Waals surface area contributed by atoms with Gasteiger partial charge in [0.2, 0.25) is 17.7 Å². The van der Waals surface area contributed by atoms with Crippen LogP contribution in [0.25, 0.3) is 22.4 Å². The lowest BCUT2D eigenvalue weighted by Gasteiger charge is -2.72. The molecule has 0 bridgehead atoms. The summed E-state index contributed by atoms with van der Waals surface area (Å²) in [6.07, 6.45) is 10.9. The topological polar surface area (TPSA) is 235 Å². The first kappa shape index (κ1) is 49.7. The van der Waals surface area contributed by atoms with Gasteiger partial charge in [0.25, 0.3) is 0 Å². The molecule has 5 aliphatic heterocycles. The van der Waals surface area contributed by atoms with Gasteiger partial charge in [0.1, 0.15) is 23.7 Å². The van der Waals surface area contributed by atoms with Crippen LogP contribution in [0, 0.1) is 25.2 Å². The number of H-pyrrole nitrogens is 1. The van der Waals surface area contributed by atoms with Crippen molar-refractivity contribution in [2.45, 2.75) is 147 Å². The van der Waals surface area contributed by atoms with Gasteiger partial charge in [-0.1, -0.05) is 57.2 Å². The second-order valence-electron chi connectivity index (χ2n) is 23.2. The standard InChI is InChI=1S/C56H71N13O5/c1-32-48(33(2)63-62-32)36-12-10-34(11-13-36)26-58-52(73)46-22-42(70)31-68(46)53(74)49(55(3,4)5)61-51(72)37-14-16-39(17-15-37)66-20-18-35(19-21-66)38-27-59-54(60-28-38)56-24-40-29-67(30-41(25-56)69(40)56)45-23-44(64-65-50(45)57)43-8-6-7-9-47(43)71/h6-13,23,27-28,35,37,39-42,46,49,70-71H,14-22,24-26,29-31H2,1-5H3,(H2,57,65)(H,58,73)(H,61,72)(H,62,63)/t37-,39-,40?,41?,42-,46+,49-,56?/m1/s1. The molecule has 1 saturated carbocycles. The average Bonchev–Trinajstić information content (AvgIpc) is 3.95. The van der Waals surface area contributed by atoms with Gasteiger partial charge >= 0.3 is 0 Å². The highest BCUT2D eigenvalue weighted by Crippen LogP contribution is 2.59. The Kier molecular flexibility index (Phi) is 13.2. The lowest BCUT2D eigenvalue weighted by Crippen LogP contribution is -2.83. The van der Waals surface area contributed by atoms with Crippen molar-refractivity contribution in [3.05, 3.63) is 95.3 Å². The Balaban J connectivity index is 0.636. The largest absolute Gasteiger partial charge is 0.507 e. The lowest BCUT2D eigenvalue weighted by atomic mass is 9.62. The Morgan fingerprint density at radius 1 is 0.878 bits per heavy atom. The first-order valence-electron chi connectivity index (χ1n) is 26.7. The Morgan fingerprint density at radius 3 is 2.22 bits per heavy atom. The number of aliphatic hydroxyl groups excluding tert-OH is 1. The van der Waals surface area contributed by atoms with E-state index < -0.39 is 23.6 Å². The molecule has 390 valence electrons. The summed E-state index contributed by atoms with van der Waals surface area (Å²) in [5.74, 6) is 0.909. The molecule has 2 unspecified atom stereocenters. The number of nitrogen functional groups attached to an aromatic ring is 1. The number of aliphatic hydroxyl groups is 1. The van der Waals surface area contributed by atoms with Crippen LogP contribution in [0.4, 0.5) is 11.5 Å². The number of para-hydroxylation sites is 1. The molecule has 5 atom stereocenters. The van der Waals surface area contributed by atoms with Gasteiger partial charge in [-0.3, -0.25) is 24.4 Å². The maximum absolute atomic E-state index is 14.4. The number of phenols is 1. The van der Waals surface area contributed by atoms with E-state index in [2.05, 4.69) is 58.1 Å². The number of piperazine rings is 1. The number of anilines is 2. The summed E-state index contributed by atoms with van der Waals surface area (Å²) in [5.41, 5.74) is 13.9. The number of aromatic nitrogens is 6. The fourth-order valence-electron chi connectivity index (χ4n) is 13.4. The number of aromatic amines is 1. The summed E-state index contributed by atoms with van der Waals surface area (Å²) in [7, 11) is 0. The number of nitrogens with zero attached hydrogens (tertiary/aromatic N) is 9. The summed E-state index contributed by atoms with van der Waals surface area (Å²) in [5, 5.41) is 43.2. The predicted octanol–water partition coefficient (Wildman–Crippen LogP) is 5.34. The molecule has 5 saturated heterocycles. The number of aryl methyl sites for hydroxylation is 2. The number of piperidine rings is 2. The third-order valence-corrected chi connectivity index (χ3v) is 17.4. The number of aromatic hydroxyl groups is 1. The number of benzene rings is 2. The van der Waals surface area contributed by atoms with Crippen LogP contribution in [0.2, 0.25) is 0 Å². The van der Waals surface area contributed by atoms with Crippen LogP contribution < -0.4 is 21.3 Å². The van der Waals surface area contributed by atoms with Gasteiger partial charge in [0.15, 0.2) is 5.82 Å². The van der Waals surface area contributed by atoms with E-state index in [9.17, 15) is 24.6 Å². The van der Waals surface area contributed by atoms with E-state index in [4.69, 9.17) is 15.7 Å². The second-order valence-corrected chi connectivity index (χ2v) is 23.2. The molecule has 18 nitrogen and oxygen atoms in total. The number of hydrogen-bond donors (Lipinski definition) is 6. The summed E-state index contributed by atoms with van der Waals surface area (Å²) in [6, 6.07) is 16.5. The Hall–Kier alpha value is -6.50. The van der Waals surface area contributed by atoms with Crippen molar-refractivity contribution in [3.8, 4) is 28.1 Å². The molecule has 74 heavy (non-hydrogen) atoms. The van der Waals surface area contributed by atoms with Gasteiger partial charge in [0.05, 0.1) is 28.7 Å². The summed E-state index contributed by atoms with van der Waals surface area (Å²) in [4.78, 5) is 61.1. The molecule has 0 spiro atoms. The van der Waals surface area contributed by atoms with E-state index in [1.54, 1.807) is 12.1 Å². The van der Waals surface area contributed by atoms with E-state index in [0.717, 1.165) is 117 Å². The van der Waals surface area contributed by atoms with Crippen molar-refractivity contribution >= 4 is 29.2 Å². The first-order valence-corrected chi connectivity index (χ1v) is 26.7. The van der Waals surface area contributed by atoms with Gasteiger partial charge in [-0.2, -0.15) is 5.10 Å². The molecule has 18 heteroatoms. The SMILES string of the molecule is Cc1n[nH]c(C)c1-c1ccc(CNC(=O)[C@@H]2C[C@@H](O)CN2C(=O)[C@@H](NC(=O)[C@H]2CC[C@H](N3CCC(c4cnc(C56CC7CN(c8cc(-c9ccccc9O)nnc8N)CC(C5)N76)nc4)CC3)CC2)C(C)(C)C)cc1. The van der Waals surface area contributed by atoms with E-state index in [1.165, 1.54) is 10.5 Å². The van der Waals surface area contributed by atoms with Crippen molar-refractivity contribution in [1.82, 2.24) is 55.7 Å². The number of β-amino-alcohol motifs (C(OH)–C–C–N with tert-alkyl or cyclic N) is 1. The highest BCUT2D eigenvalue weighted by atomic mass is 16.3. The maximum atomic E-state index is 14.4. The van der Waals surface area contributed by atoms with Gasteiger partial charge in [-0.15, -0.1) is 10.2 Å². The Bertz CT molecular complexity index is 2850. The van der Waals surface area contributed by atoms with E-state index in [0.29, 0.717) is 41.1 Å². The minimum atomic E-state index is -0.858. The van der Waals surface area contributed by atoms with Gasteiger partial charge in [-0.05, 0) is 125 Å². The molecule has 5 aromatic rings. The van der Waals surface area contributed by atoms with Crippen molar-refractivity contribution in [2.24, 2.45) is 11.3 Å². The van der Waals surface area contributed by atoms with Crippen molar-refractivity contribution in [1.29, 1.82) is 0 Å². The van der Waals surface area contributed by atoms with Crippen LogP contribution in [-0.4, -0.2) is 142 Å². The van der Waals surface area contributed by atoms with Crippen molar-refractivity contribution < 1.29 is 24.6 Å². The van der Waals surface area contributed by atoms with Crippen molar-refractivity contribution in [2.75, 3.05) is 43.4 Å². The Morgan fingerprint density at radius 2 is 1.57 bits per heavy atom. The normalized spacial score (nSPS) is 26.7. The number of amides is 3. The Labute approximate surface area is 432 Å². The number of carbonyl (C=O) groups excluding carboxylic acids is 3. The van der Waals surface area contributed by atoms with Crippen LogP contribution in [-0.2, 0) is 26.5 Å². The monoisotopic (exact) mass is 1010 g/mol. The molecule has 3 aromatic heterocycles. The minimum Gasteiger partial charge on any atom is -0.507 e. The fourth-order valence-corrected chi connectivity index (χ4v) is 13.4. The molecule has 1 aliphatic carbocycles. The predicted molar refractivity (Wildman–Crippen MR) is 280 cm³/mol. The van der Waals surface area contributed by atoms with E-state index in [1.807, 2.05) is 77.1 Å². The summed E-state index contributed by atoms with van der Waals surface area (Å²) >= 11 is 0. The molecule has 6 aliphatic rings. The van der Waals surface area contributed by atoms with Crippen LogP contribution in [0.3, 0.4) is 0 Å². The third kappa shape index (κ3) is 9.26. The highest BCUT2D eigenvalue weighted by Gasteiger charge is 2.67. The summed E-state index contributed by atoms with van der Waals surface area (Å²) in [6.45, 7) is 13.7. The molecule has 6 fully saturated rings. The van der Waals surface area contributed by atoms with E-state index in [-0.39, 0.29) is 54.4 Å². The zero-order valence-electron chi connectivity index (χ0n) is 43.3. The molecule has 8 heterocycles. The van der Waals surface area contributed by atoms with E-state index >= 15 is 0 Å². The molecule has 2 aromatic carbocycles. The first-order chi connectivity index (χ1) is 35.5. The molecule has 0 radical (unpaired) electrons. The van der Waals surface area contributed by atoms with Crippen LogP contribution in [0.1, 0.15) is 113 Å². The van der Waals surface area contributed by atoms with Gasteiger partial charge in [0, 0.05) is 85.9 Å². The number of hydrogen-bond acceptors (Lipinski definition) is 14. The number of nitrogens with two attached hydrogens (primary N) is 1. The molecule has 3 amide bonds. The average molecular weight is 1010 g/mol. The number of phenolic OH excluding ortho intramolecular Hbond substituents is 1. The number of carbonyl (C=O) groups is 3. The molecule has 11 rings (SSSR count). The third-order valence-electron chi connectivity index (χ3n) is 17.4. The molecule has 7 N–H and O–H groups in total.